The van der Waals surface area contributed by atoms with Crippen LogP contribution in [0.25, 0.3) is 0 Å². The van der Waals surface area contributed by atoms with Gasteiger partial charge in [-0.2, -0.15) is 0 Å². The normalized spacial score (nSPS) is 14.6. The molecule has 0 aliphatic carbocycles. The highest BCUT2D eigenvalue weighted by molar-refractivity contribution is 5.92. The third-order valence-corrected chi connectivity index (χ3v) is 2.07. The van der Waals surface area contributed by atoms with E-state index in [2.05, 4.69) is 5.32 Å². The standard InChI is InChI=1S/C12H24N2O2/c1-11(2,3)10(16)8(7-9(13)15)14-12(4,5)6/h8,14H,7H2,1-6H3,(H2,13,15). The fraction of sp³-hybridized carbons (Fsp3) is 0.833. The van der Waals surface area contributed by atoms with Gasteiger partial charge in [0.15, 0.2) is 5.78 Å². The topological polar surface area (TPSA) is 72.2 Å². The van der Waals surface area contributed by atoms with Crippen LogP contribution in [0.1, 0.15) is 48.0 Å². The van der Waals surface area contributed by atoms with Crippen molar-refractivity contribution in [2.75, 3.05) is 0 Å². The molecule has 0 radical (unpaired) electrons. The molecule has 3 N–H and O–H groups in total. The highest BCUT2D eigenvalue weighted by Crippen LogP contribution is 2.19. The molecule has 0 aromatic rings. The molecule has 0 aromatic heterocycles. The van der Waals surface area contributed by atoms with Gasteiger partial charge in [0.1, 0.15) is 0 Å². The number of primary amides is 1. The van der Waals surface area contributed by atoms with Gasteiger partial charge in [0, 0.05) is 17.4 Å². The first kappa shape index (κ1) is 15.1. The Balaban J connectivity index is 4.81. The summed E-state index contributed by atoms with van der Waals surface area (Å²) in [7, 11) is 0. The molecule has 94 valence electrons. The largest absolute Gasteiger partial charge is 0.370 e. The molecule has 0 bridgehead atoms. The van der Waals surface area contributed by atoms with Crippen molar-refractivity contribution in [2.24, 2.45) is 11.1 Å². The van der Waals surface area contributed by atoms with Gasteiger partial charge in [-0.25, -0.2) is 0 Å². The van der Waals surface area contributed by atoms with Gasteiger partial charge < -0.3 is 11.1 Å². The van der Waals surface area contributed by atoms with Gasteiger partial charge in [0.05, 0.1) is 6.04 Å². The van der Waals surface area contributed by atoms with Crippen molar-refractivity contribution in [3.05, 3.63) is 0 Å². The molecular weight excluding hydrogens is 204 g/mol. The molecule has 4 nitrogen and oxygen atoms in total. The van der Waals surface area contributed by atoms with Crippen molar-refractivity contribution in [3.63, 3.8) is 0 Å². The van der Waals surface area contributed by atoms with E-state index in [4.69, 9.17) is 5.73 Å². The van der Waals surface area contributed by atoms with Crippen LogP contribution in [0.3, 0.4) is 0 Å². The van der Waals surface area contributed by atoms with Gasteiger partial charge >= 0.3 is 0 Å². The van der Waals surface area contributed by atoms with Gasteiger partial charge in [-0.05, 0) is 20.8 Å². The van der Waals surface area contributed by atoms with Gasteiger partial charge in [-0.15, -0.1) is 0 Å². The summed E-state index contributed by atoms with van der Waals surface area (Å²) in [6.45, 7) is 11.4. The minimum Gasteiger partial charge on any atom is -0.370 e. The number of carbonyl (C=O) groups is 2. The Morgan fingerprint density at radius 3 is 1.81 bits per heavy atom. The smallest absolute Gasteiger partial charge is 0.219 e. The number of hydrogen-bond acceptors (Lipinski definition) is 3. The minimum atomic E-state index is -0.502. The van der Waals surface area contributed by atoms with Gasteiger partial charge in [-0.3, -0.25) is 9.59 Å². The SMILES string of the molecule is CC(C)(C)NC(CC(N)=O)C(=O)C(C)(C)C. The van der Waals surface area contributed by atoms with Crippen LogP contribution in [0.5, 0.6) is 0 Å². The number of nitrogens with one attached hydrogen (secondary N) is 1. The maximum atomic E-state index is 12.1. The van der Waals surface area contributed by atoms with E-state index in [1.165, 1.54) is 0 Å². The monoisotopic (exact) mass is 228 g/mol. The van der Waals surface area contributed by atoms with Crippen LogP contribution in [-0.4, -0.2) is 23.3 Å². The number of Topliss-reactive ketones (excluding diaryl/α,β-unsaturated/α-hetero) is 1. The zero-order valence-corrected chi connectivity index (χ0v) is 11.2. The lowest BCUT2D eigenvalue weighted by molar-refractivity contribution is -0.131. The van der Waals surface area contributed by atoms with Crippen LogP contribution in [0.15, 0.2) is 0 Å². The Morgan fingerprint density at radius 2 is 1.56 bits per heavy atom. The molecule has 0 saturated carbocycles. The zero-order chi connectivity index (χ0) is 13.1. The lowest BCUT2D eigenvalue weighted by Gasteiger charge is -2.31. The Kier molecular flexibility index (Phi) is 4.68. The second-order valence-electron chi connectivity index (χ2n) is 6.23. The van der Waals surface area contributed by atoms with Crippen LogP contribution >= 0.6 is 0 Å². The lowest BCUT2D eigenvalue weighted by Crippen LogP contribution is -2.52. The fourth-order valence-corrected chi connectivity index (χ4v) is 1.46. The van der Waals surface area contributed by atoms with E-state index in [1.807, 2.05) is 41.5 Å². The molecule has 0 aliphatic rings. The van der Waals surface area contributed by atoms with Crippen LogP contribution in [0.2, 0.25) is 0 Å². The average molecular weight is 228 g/mol. The predicted molar refractivity (Wildman–Crippen MR) is 65.0 cm³/mol. The molecule has 0 aliphatic heterocycles. The molecule has 0 fully saturated rings. The Bertz CT molecular complexity index is 272. The molecule has 1 unspecified atom stereocenters. The van der Waals surface area contributed by atoms with E-state index in [1.54, 1.807) is 0 Å². The molecule has 0 heterocycles. The first-order chi connectivity index (χ1) is 6.93. The highest BCUT2D eigenvalue weighted by atomic mass is 16.1. The summed E-state index contributed by atoms with van der Waals surface area (Å²) in [6.07, 6.45) is 0.0490. The molecule has 0 aromatic carbocycles. The molecule has 0 spiro atoms. The number of hydrogen-bond donors (Lipinski definition) is 2. The number of rotatable bonds is 4. The molecule has 1 amide bonds. The second kappa shape index (κ2) is 4.95. The average Bonchev–Trinajstić information content (AvgIpc) is 1.96. The molecule has 0 saturated heterocycles. The summed E-state index contributed by atoms with van der Waals surface area (Å²) in [5, 5.41) is 3.14. The van der Waals surface area contributed by atoms with E-state index in [0.717, 1.165) is 0 Å². The van der Waals surface area contributed by atoms with Crippen LogP contribution in [-0.2, 0) is 9.59 Å². The third-order valence-electron chi connectivity index (χ3n) is 2.07. The van der Waals surface area contributed by atoms with Crippen molar-refractivity contribution < 1.29 is 9.59 Å². The van der Waals surface area contributed by atoms with Gasteiger partial charge in [-0.1, -0.05) is 20.8 Å². The third kappa shape index (κ3) is 5.85. The highest BCUT2D eigenvalue weighted by Gasteiger charge is 2.32. The second-order valence-corrected chi connectivity index (χ2v) is 6.23. The Hall–Kier alpha value is -0.900. The summed E-state index contributed by atoms with van der Waals surface area (Å²) in [5.74, 6) is -0.444. The molecule has 4 heteroatoms. The Morgan fingerprint density at radius 1 is 1.12 bits per heavy atom. The predicted octanol–water partition coefficient (Wildman–Crippen LogP) is 1.23. The Labute approximate surface area is 98.0 Å². The van der Waals surface area contributed by atoms with Crippen LogP contribution in [0, 0.1) is 5.41 Å². The minimum absolute atomic E-state index is 0.0150. The van der Waals surface area contributed by atoms with Crippen molar-refractivity contribution >= 4 is 11.7 Å². The zero-order valence-electron chi connectivity index (χ0n) is 11.2. The fourth-order valence-electron chi connectivity index (χ4n) is 1.46. The van der Waals surface area contributed by atoms with E-state index in [-0.39, 0.29) is 17.7 Å². The summed E-state index contributed by atoms with van der Waals surface area (Å²) < 4.78 is 0. The molecule has 1 atom stereocenters. The number of amides is 1. The van der Waals surface area contributed by atoms with Crippen molar-refractivity contribution in [2.45, 2.75) is 59.5 Å². The summed E-state index contributed by atoms with van der Waals surface area (Å²) in [6, 6.07) is -0.502. The van der Waals surface area contributed by atoms with Crippen LogP contribution < -0.4 is 11.1 Å². The first-order valence-electron chi connectivity index (χ1n) is 5.54. The van der Waals surface area contributed by atoms with Gasteiger partial charge in [0.25, 0.3) is 0 Å². The molecule has 0 rings (SSSR count). The summed E-state index contributed by atoms with van der Waals surface area (Å²) >= 11 is 0. The van der Waals surface area contributed by atoms with E-state index in [0.29, 0.717) is 0 Å². The number of ketones is 1. The number of carbonyl (C=O) groups excluding carboxylic acids is 2. The van der Waals surface area contributed by atoms with Crippen LogP contribution in [0.4, 0.5) is 0 Å². The number of nitrogens with two attached hydrogens (primary N) is 1. The summed E-state index contributed by atoms with van der Waals surface area (Å²) in [5.41, 5.74) is 4.47. The maximum Gasteiger partial charge on any atom is 0.219 e. The molecule has 16 heavy (non-hydrogen) atoms. The van der Waals surface area contributed by atoms with Crippen molar-refractivity contribution in [1.82, 2.24) is 5.32 Å². The van der Waals surface area contributed by atoms with E-state index < -0.39 is 17.4 Å². The quantitative estimate of drug-likeness (QED) is 0.760. The van der Waals surface area contributed by atoms with E-state index >= 15 is 0 Å². The van der Waals surface area contributed by atoms with Crippen molar-refractivity contribution in [3.8, 4) is 0 Å². The summed E-state index contributed by atoms with van der Waals surface area (Å²) in [4.78, 5) is 23.1. The lowest BCUT2D eigenvalue weighted by atomic mass is 9.84. The maximum absolute atomic E-state index is 12.1. The van der Waals surface area contributed by atoms with Gasteiger partial charge in [0.2, 0.25) is 5.91 Å². The van der Waals surface area contributed by atoms with E-state index in [9.17, 15) is 9.59 Å². The molecular formula is C12H24N2O2. The van der Waals surface area contributed by atoms with Crippen molar-refractivity contribution in [1.29, 1.82) is 0 Å². The first-order valence-corrected chi connectivity index (χ1v) is 5.54.